The number of piperidine rings is 1. The van der Waals surface area contributed by atoms with Crippen LogP contribution >= 0.6 is 0 Å². The van der Waals surface area contributed by atoms with Crippen molar-refractivity contribution < 1.29 is 13.9 Å². The zero-order valence-electron chi connectivity index (χ0n) is 13.8. The van der Waals surface area contributed by atoms with Crippen LogP contribution < -0.4 is 5.32 Å². The summed E-state index contributed by atoms with van der Waals surface area (Å²) in [5.41, 5.74) is -0.277. The minimum atomic E-state index is -0.344. The molecule has 130 valence electrons. The number of rotatable bonds is 4. The molecule has 5 nitrogen and oxygen atoms in total. The first kappa shape index (κ1) is 15.8. The molecule has 2 atom stereocenters. The number of anilines is 1. The standard InChI is InChI=1S/C18H24FN3O2/c19-15-3-1-7-20-17(15)21-14-10-18(24-11-14)6-2-8-22(12-18)16(23)9-13-4-5-13/h1,3,7,13-14H,2,4-6,8-12H2,(H,20,21)/t14-,18-/m0/s1. The number of carbonyl (C=O) groups excluding carboxylic acids is 1. The van der Waals surface area contributed by atoms with Gasteiger partial charge in [0.15, 0.2) is 11.6 Å². The Kier molecular flexibility index (Phi) is 4.16. The van der Waals surface area contributed by atoms with E-state index in [1.54, 1.807) is 12.3 Å². The first-order valence-electron chi connectivity index (χ1n) is 8.92. The molecule has 3 fully saturated rings. The quantitative estimate of drug-likeness (QED) is 0.920. The third-order valence-electron chi connectivity index (χ3n) is 5.36. The fraction of sp³-hybridized carbons (Fsp3) is 0.667. The predicted octanol–water partition coefficient (Wildman–Crippen LogP) is 2.58. The Morgan fingerprint density at radius 3 is 3.17 bits per heavy atom. The second kappa shape index (κ2) is 6.31. The monoisotopic (exact) mass is 333 g/mol. The molecular formula is C18H24FN3O2. The Morgan fingerprint density at radius 1 is 1.50 bits per heavy atom. The number of nitrogens with zero attached hydrogens (tertiary/aromatic N) is 2. The van der Waals surface area contributed by atoms with Gasteiger partial charge in [-0.3, -0.25) is 4.79 Å². The maximum absolute atomic E-state index is 13.8. The fourth-order valence-corrected chi connectivity index (χ4v) is 3.92. The van der Waals surface area contributed by atoms with E-state index in [4.69, 9.17) is 4.74 Å². The average Bonchev–Trinajstić information content (AvgIpc) is 3.31. The van der Waals surface area contributed by atoms with Gasteiger partial charge in [0.2, 0.25) is 5.91 Å². The fourth-order valence-electron chi connectivity index (χ4n) is 3.92. The molecule has 0 radical (unpaired) electrons. The highest BCUT2D eigenvalue weighted by Gasteiger charge is 2.45. The van der Waals surface area contributed by atoms with Gasteiger partial charge < -0.3 is 15.0 Å². The molecule has 2 saturated heterocycles. The molecule has 24 heavy (non-hydrogen) atoms. The Bertz CT molecular complexity index is 622. The van der Waals surface area contributed by atoms with E-state index in [0.29, 0.717) is 25.5 Å². The lowest BCUT2D eigenvalue weighted by atomic mass is 9.88. The van der Waals surface area contributed by atoms with Gasteiger partial charge in [-0.25, -0.2) is 9.37 Å². The van der Waals surface area contributed by atoms with Gasteiger partial charge in [-0.2, -0.15) is 0 Å². The molecule has 3 heterocycles. The topological polar surface area (TPSA) is 54.5 Å². The summed E-state index contributed by atoms with van der Waals surface area (Å²) < 4.78 is 19.9. The maximum atomic E-state index is 13.8. The number of hydrogen-bond donors (Lipinski definition) is 1. The van der Waals surface area contributed by atoms with Crippen LogP contribution in [0.25, 0.3) is 0 Å². The SMILES string of the molecule is O=C(CC1CC1)N1CCC[C@]2(C[C@H](Nc3ncccc3F)CO2)C1. The first-order valence-corrected chi connectivity index (χ1v) is 8.92. The zero-order valence-corrected chi connectivity index (χ0v) is 13.8. The summed E-state index contributed by atoms with van der Waals surface area (Å²) in [6.07, 6.45) is 7.39. The van der Waals surface area contributed by atoms with E-state index in [9.17, 15) is 9.18 Å². The molecule has 3 aliphatic rings. The normalized spacial score (nSPS) is 29.9. The number of amides is 1. The molecule has 1 aromatic rings. The molecule has 0 bridgehead atoms. The van der Waals surface area contributed by atoms with Crippen LogP contribution in [0.1, 0.15) is 38.5 Å². The number of likely N-dealkylation sites (tertiary alicyclic amines) is 1. The number of hydrogen-bond acceptors (Lipinski definition) is 4. The van der Waals surface area contributed by atoms with E-state index < -0.39 is 0 Å². The smallest absolute Gasteiger partial charge is 0.222 e. The van der Waals surface area contributed by atoms with E-state index in [1.165, 1.54) is 18.9 Å². The maximum Gasteiger partial charge on any atom is 0.222 e. The van der Waals surface area contributed by atoms with Crippen molar-refractivity contribution in [3.63, 3.8) is 0 Å². The molecule has 1 N–H and O–H groups in total. The molecule has 1 saturated carbocycles. The average molecular weight is 333 g/mol. The zero-order chi connectivity index (χ0) is 16.6. The van der Waals surface area contributed by atoms with Crippen LogP contribution in [0.3, 0.4) is 0 Å². The van der Waals surface area contributed by atoms with Crippen molar-refractivity contribution >= 4 is 11.7 Å². The molecular weight excluding hydrogens is 309 g/mol. The van der Waals surface area contributed by atoms with Crippen molar-refractivity contribution in [2.24, 2.45) is 5.92 Å². The lowest BCUT2D eigenvalue weighted by Crippen LogP contribution is -2.50. The minimum Gasteiger partial charge on any atom is -0.371 e. The summed E-state index contributed by atoms with van der Waals surface area (Å²) in [6, 6.07) is 3.02. The highest BCUT2D eigenvalue weighted by Crippen LogP contribution is 2.37. The van der Waals surface area contributed by atoms with Gasteiger partial charge >= 0.3 is 0 Å². The molecule has 1 aromatic heterocycles. The summed E-state index contributed by atoms with van der Waals surface area (Å²) in [5.74, 6) is 0.817. The second-order valence-electron chi connectivity index (χ2n) is 7.44. The van der Waals surface area contributed by atoms with Crippen molar-refractivity contribution in [1.29, 1.82) is 0 Å². The molecule has 1 aliphatic carbocycles. The number of aromatic nitrogens is 1. The largest absolute Gasteiger partial charge is 0.371 e. The molecule has 4 rings (SSSR count). The Hall–Kier alpha value is -1.69. The van der Waals surface area contributed by atoms with Crippen LogP contribution in [0.15, 0.2) is 18.3 Å². The number of pyridine rings is 1. The van der Waals surface area contributed by atoms with Gasteiger partial charge in [0.1, 0.15) is 0 Å². The first-order chi connectivity index (χ1) is 11.6. The van der Waals surface area contributed by atoms with Crippen LogP contribution in [0.5, 0.6) is 0 Å². The van der Waals surface area contributed by atoms with Gasteiger partial charge in [0, 0.05) is 32.1 Å². The van der Waals surface area contributed by atoms with Gasteiger partial charge in [-0.05, 0) is 43.7 Å². The van der Waals surface area contributed by atoms with Crippen molar-refractivity contribution in [3.05, 3.63) is 24.1 Å². The number of nitrogens with one attached hydrogen (secondary N) is 1. The van der Waals surface area contributed by atoms with Crippen molar-refractivity contribution in [1.82, 2.24) is 9.88 Å². The van der Waals surface area contributed by atoms with Crippen LogP contribution in [0, 0.1) is 11.7 Å². The second-order valence-corrected chi connectivity index (χ2v) is 7.44. The molecule has 0 unspecified atom stereocenters. The van der Waals surface area contributed by atoms with E-state index in [2.05, 4.69) is 10.3 Å². The van der Waals surface area contributed by atoms with E-state index >= 15 is 0 Å². The number of ether oxygens (including phenoxy) is 1. The highest BCUT2D eigenvalue weighted by atomic mass is 19.1. The van der Waals surface area contributed by atoms with E-state index in [-0.39, 0.29) is 29.2 Å². The lowest BCUT2D eigenvalue weighted by molar-refractivity contribution is -0.139. The van der Waals surface area contributed by atoms with E-state index in [1.807, 2.05) is 4.90 Å². The summed E-state index contributed by atoms with van der Waals surface area (Å²) in [5, 5.41) is 3.15. The van der Waals surface area contributed by atoms with E-state index in [0.717, 1.165) is 25.8 Å². The molecule has 6 heteroatoms. The molecule has 0 aromatic carbocycles. The van der Waals surface area contributed by atoms with Crippen molar-refractivity contribution in [3.8, 4) is 0 Å². The van der Waals surface area contributed by atoms with Gasteiger partial charge in [0.25, 0.3) is 0 Å². The Labute approximate surface area is 141 Å². The Balaban J connectivity index is 1.37. The molecule has 1 spiro atoms. The van der Waals surface area contributed by atoms with Crippen LogP contribution in [-0.2, 0) is 9.53 Å². The third-order valence-corrected chi connectivity index (χ3v) is 5.36. The van der Waals surface area contributed by atoms with Crippen LogP contribution in [0.4, 0.5) is 10.2 Å². The van der Waals surface area contributed by atoms with Crippen molar-refractivity contribution in [2.75, 3.05) is 25.0 Å². The highest BCUT2D eigenvalue weighted by molar-refractivity contribution is 5.77. The van der Waals surface area contributed by atoms with Gasteiger partial charge in [-0.1, -0.05) is 0 Å². The molecule has 2 aliphatic heterocycles. The number of halogens is 1. The molecule has 1 amide bonds. The minimum absolute atomic E-state index is 0.0351. The lowest BCUT2D eigenvalue weighted by Gasteiger charge is -2.39. The van der Waals surface area contributed by atoms with Crippen LogP contribution in [-0.4, -0.2) is 47.1 Å². The summed E-state index contributed by atoms with van der Waals surface area (Å²) >= 11 is 0. The van der Waals surface area contributed by atoms with Crippen LogP contribution in [0.2, 0.25) is 0 Å². The summed E-state index contributed by atoms with van der Waals surface area (Å²) in [6.45, 7) is 2.03. The Morgan fingerprint density at radius 2 is 2.38 bits per heavy atom. The van der Waals surface area contributed by atoms with Gasteiger partial charge in [-0.15, -0.1) is 0 Å². The third kappa shape index (κ3) is 3.38. The summed E-state index contributed by atoms with van der Waals surface area (Å²) in [7, 11) is 0. The predicted molar refractivity (Wildman–Crippen MR) is 88.1 cm³/mol. The summed E-state index contributed by atoms with van der Waals surface area (Å²) in [4.78, 5) is 18.4. The number of carbonyl (C=O) groups is 1. The van der Waals surface area contributed by atoms with Crippen molar-refractivity contribution in [2.45, 2.75) is 50.2 Å². The van der Waals surface area contributed by atoms with Gasteiger partial charge in [0.05, 0.1) is 18.2 Å².